The Balaban J connectivity index is 1.45. The molecule has 6 heteroatoms. The number of hydrogen-bond donors (Lipinski definition) is 1. The van der Waals surface area contributed by atoms with Gasteiger partial charge in [0.1, 0.15) is 5.75 Å². The molecule has 5 nitrogen and oxygen atoms in total. The van der Waals surface area contributed by atoms with Crippen LogP contribution < -0.4 is 10.1 Å². The van der Waals surface area contributed by atoms with Gasteiger partial charge in [-0.15, -0.1) is 0 Å². The van der Waals surface area contributed by atoms with Gasteiger partial charge in [-0.2, -0.15) is 0 Å². The maximum Gasteiger partial charge on any atom is 0.260 e. The zero-order chi connectivity index (χ0) is 24.2. The first-order valence-corrected chi connectivity index (χ1v) is 13.0. The number of ketones is 1. The van der Waals surface area contributed by atoms with Gasteiger partial charge >= 0.3 is 0 Å². The lowest BCUT2D eigenvalue weighted by atomic mass is 10.0. The summed E-state index contributed by atoms with van der Waals surface area (Å²) in [5.74, 6) is 0.751. The van der Waals surface area contributed by atoms with Crippen molar-refractivity contribution in [2.24, 2.45) is 0 Å². The van der Waals surface area contributed by atoms with Crippen LogP contribution in [0.1, 0.15) is 67.8 Å². The zero-order valence-corrected chi connectivity index (χ0v) is 21.0. The number of carbonyl (C=O) groups is 2. The molecule has 1 heterocycles. The van der Waals surface area contributed by atoms with Crippen LogP contribution >= 0.6 is 11.6 Å². The van der Waals surface area contributed by atoms with E-state index in [-0.39, 0.29) is 24.3 Å². The Hall–Kier alpha value is -2.37. The number of ether oxygens (including phenoxy) is 1. The van der Waals surface area contributed by atoms with Crippen molar-refractivity contribution in [2.45, 2.75) is 64.3 Å². The highest BCUT2D eigenvalue weighted by Crippen LogP contribution is 2.18. The Morgan fingerprint density at radius 2 is 1.71 bits per heavy atom. The number of hydrogen-bond acceptors (Lipinski definition) is 4. The normalized spacial score (nSPS) is 15.8. The number of piperazine rings is 1. The molecule has 1 atom stereocenters. The van der Waals surface area contributed by atoms with Gasteiger partial charge < -0.3 is 15.0 Å². The summed E-state index contributed by atoms with van der Waals surface area (Å²) in [4.78, 5) is 27.2. The topological polar surface area (TPSA) is 58.6 Å². The van der Waals surface area contributed by atoms with Crippen molar-refractivity contribution in [1.29, 1.82) is 0 Å². The highest BCUT2D eigenvalue weighted by Gasteiger charge is 2.27. The Labute approximate surface area is 208 Å². The van der Waals surface area contributed by atoms with Crippen LogP contribution in [0.15, 0.2) is 48.5 Å². The first-order valence-electron chi connectivity index (χ1n) is 12.6. The Morgan fingerprint density at radius 3 is 2.44 bits per heavy atom. The quantitative estimate of drug-likeness (QED) is 0.293. The summed E-state index contributed by atoms with van der Waals surface area (Å²) in [6.45, 7) is 4.38. The van der Waals surface area contributed by atoms with Crippen LogP contribution in [0.2, 0.25) is 5.02 Å². The number of rotatable bonds is 13. The number of unbranched alkanes of at least 4 members (excludes halogenated alkanes) is 5. The van der Waals surface area contributed by atoms with E-state index in [1.165, 1.54) is 25.7 Å². The summed E-state index contributed by atoms with van der Waals surface area (Å²) < 4.78 is 5.77. The molecule has 0 aliphatic carbocycles. The van der Waals surface area contributed by atoms with Crippen molar-refractivity contribution in [3.63, 3.8) is 0 Å². The van der Waals surface area contributed by atoms with E-state index in [4.69, 9.17) is 16.3 Å². The molecule has 0 saturated carbocycles. The van der Waals surface area contributed by atoms with E-state index in [0.29, 0.717) is 29.3 Å². The largest absolute Gasteiger partial charge is 0.484 e. The second kappa shape index (κ2) is 14.1. The van der Waals surface area contributed by atoms with Gasteiger partial charge in [-0.3, -0.25) is 9.59 Å². The number of nitrogens with zero attached hydrogens (tertiary/aromatic N) is 1. The molecule has 1 fully saturated rings. The first-order chi connectivity index (χ1) is 16.6. The van der Waals surface area contributed by atoms with E-state index in [2.05, 4.69) is 12.2 Å². The van der Waals surface area contributed by atoms with Crippen LogP contribution in [0.5, 0.6) is 5.75 Å². The van der Waals surface area contributed by atoms with Crippen LogP contribution in [-0.4, -0.2) is 48.9 Å². The van der Waals surface area contributed by atoms with E-state index in [1.54, 1.807) is 24.3 Å². The summed E-state index contributed by atoms with van der Waals surface area (Å²) in [7, 11) is 0. The van der Waals surface area contributed by atoms with Gasteiger partial charge in [-0.05, 0) is 54.8 Å². The molecule has 1 aliphatic heterocycles. The molecule has 184 valence electrons. The lowest BCUT2D eigenvalue weighted by Crippen LogP contribution is -2.55. The number of carbonyl (C=O) groups excluding carboxylic acids is 2. The van der Waals surface area contributed by atoms with E-state index in [1.807, 2.05) is 29.2 Å². The number of nitrogens with one attached hydrogen (secondary N) is 1. The molecule has 3 rings (SSSR count). The number of amides is 1. The standard InChI is InChI=1S/C28H37ClN2O3/c1-2-3-4-5-6-7-8-27(32)23-11-15-26(16-12-23)34-21-28(33)31-18-17-30-20-25(31)19-22-9-13-24(29)14-10-22/h9-16,25,30H,2-8,17-21H2,1H3. The zero-order valence-electron chi connectivity index (χ0n) is 20.2. The minimum absolute atomic E-state index is 0.0117. The van der Waals surface area contributed by atoms with Crippen LogP contribution in [0.25, 0.3) is 0 Å². The van der Waals surface area contributed by atoms with E-state index < -0.39 is 0 Å². The molecule has 1 amide bonds. The predicted octanol–water partition coefficient (Wildman–Crippen LogP) is 5.70. The molecule has 0 spiro atoms. The monoisotopic (exact) mass is 484 g/mol. The van der Waals surface area contributed by atoms with Gasteiger partial charge in [-0.25, -0.2) is 0 Å². The van der Waals surface area contributed by atoms with Crippen molar-refractivity contribution in [2.75, 3.05) is 26.2 Å². The summed E-state index contributed by atoms with van der Waals surface area (Å²) in [6, 6.07) is 15.0. The van der Waals surface area contributed by atoms with Gasteiger partial charge in [0.05, 0.1) is 0 Å². The molecule has 1 unspecified atom stereocenters. The highest BCUT2D eigenvalue weighted by atomic mass is 35.5. The molecule has 1 N–H and O–H groups in total. The van der Waals surface area contributed by atoms with Crippen molar-refractivity contribution in [3.05, 3.63) is 64.7 Å². The van der Waals surface area contributed by atoms with Crippen molar-refractivity contribution < 1.29 is 14.3 Å². The molecule has 1 saturated heterocycles. The molecular formula is C28H37ClN2O3. The first kappa shape index (κ1) is 26.2. The SMILES string of the molecule is CCCCCCCCC(=O)c1ccc(OCC(=O)N2CCNCC2Cc2ccc(Cl)cc2)cc1. The number of Topliss-reactive ketones (excluding diaryl/α,β-unsaturated/α-hetero) is 1. The Bertz CT molecular complexity index is 899. The molecule has 34 heavy (non-hydrogen) atoms. The maximum absolute atomic E-state index is 12.9. The van der Waals surface area contributed by atoms with Crippen LogP contribution in [0.3, 0.4) is 0 Å². The minimum atomic E-state index is -0.0244. The van der Waals surface area contributed by atoms with E-state index >= 15 is 0 Å². The summed E-state index contributed by atoms with van der Waals surface area (Å²) >= 11 is 5.99. The maximum atomic E-state index is 12.9. The van der Waals surface area contributed by atoms with E-state index in [9.17, 15) is 9.59 Å². The molecular weight excluding hydrogens is 448 g/mol. The summed E-state index contributed by atoms with van der Waals surface area (Å²) in [6.07, 6.45) is 8.37. The lowest BCUT2D eigenvalue weighted by Gasteiger charge is -2.36. The van der Waals surface area contributed by atoms with Gasteiger partial charge in [0.25, 0.3) is 5.91 Å². The van der Waals surface area contributed by atoms with Crippen molar-refractivity contribution in [1.82, 2.24) is 10.2 Å². The number of benzene rings is 2. The van der Waals surface area contributed by atoms with Crippen molar-refractivity contribution in [3.8, 4) is 5.75 Å². The third kappa shape index (κ3) is 8.44. The van der Waals surface area contributed by atoms with Crippen LogP contribution in [0.4, 0.5) is 0 Å². The number of halogens is 1. The van der Waals surface area contributed by atoms with Crippen LogP contribution in [0, 0.1) is 0 Å². The third-order valence-corrected chi connectivity index (χ3v) is 6.60. The third-order valence-electron chi connectivity index (χ3n) is 6.35. The Morgan fingerprint density at radius 1 is 1.00 bits per heavy atom. The van der Waals surface area contributed by atoms with Crippen molar-refractivity contribution >= 4 is 23.3 Å². The molecule has 1 aliphatic rings. The summed E-state index contributed by atoms with van der Waals surface area (Å²) in [5.41, 5.74) is 1.86. The lowest BCUT2D eigenvalue weighted by molar-refractivity contribution is -0.136. The van der Waals surface area contributed by atoms with Gasteiger partial charge in [0.15, 0.2) is 12.4 Å². The molecule has 0 aromatic heterocycles. The second-order valence-corrected chi connectivity index (χ2v) is 9.47. The average Bonchev–Trinajstić information content (AvgIpc) is 2.86. The minimum Gasteiger partial charge on any atom is -0.484 e. The predicted molar refractivity (Wildman–Crippen MR) is 138 cm³/mol. The summed E-state index contributed by atoms with van der Waals surface area (Å²) in [5, 5.41) is 4.09. The smallest absolute Gasteiger partial charge is 0.260 e. The van der Waals surface area contributed by atoms with Gasteiger partial charge in [0, 0.05) is 42.7 Å². The second-order valence-electron chi connectivity index (χ2n) is 9.03. The fourth-order valence-electron chi connectivity index (χ4n) is 4.34. The molecule has 2 aromatic carbocycles. The molecule has 2 aromatic rings. The van der Waals surface area contributed by atoms with Crippen LogP contribution in [-0.2, 0) is 11.2 Å². The Kier molecular flexibility index (Phi) is 10.9. The van der Waals surface area contributed by atoms with Gasteiger partial charge in [-0.1, -0.05) is 62.8 Å². The fraction of sp³-hybridized carbons (Fsp3) is 0.500. The molecule has 0 bridgehead atoms. The fourth-order valence-corrected chi connectivity index (χ4v) is 4.47. The molecule has 0 radical (unpaired) electrons. The van der Waals surface area contributed by atoms with Gasteiger partial charge in [0.2, 0.25) is 0 Å². The highest BCUT2D eigenvalue weighted by molar-refractivity contribution is 6.30. The van der Waals surface area contributed by atoms with E-state index in [0.717, 1.165) is 37.9 Å². The average molecular weight is 485 g/mol.